The van der Waals surface area contributed by atoms with Gasteiger partial charge in [-0.15, -0.1) is 0 Å². The lowest BCUT2D eigenvalue weighted by atomic mass is 9.89. The van der Waals surface area contributed by atoms with Crippen LogP contribution in [0.15, 0.2) is 48.5 Å². The summed E-state index contributed by atoms with van der Waals surface area (Å²) >= 11 is 0. The number of aromatic nitrogens is 3. The minimum Gasteiger partial charge on any atom is -0.481 e. The predicted octanol–water partition coefficient (Wildman–Crippen LogP) is 4.72. The highest BCUT2D eigenvalue weighted by Gasteiger charge is 2.22. The van der Waals surface area contributed by atoms with Gasteiger partial charge in [-0.3, -0.25) is 14.7 Å². The average molecular weight is 549 g/mol. The summed E-state index contributed by atoms with van der Waals surface area (Å²) in [6, 6.07) is 14.1. The number of carbonyl (C=O) groups excluding carboxylic acids is 1. The molecule has 4 aromatic rings. The number of carboxylic acids is 1. The molecule has 1 fully saturated rings. The zero-order valence-electron chi connectivity index (χ0n) is 22.0. The van der Waals surface area contributed by atoms with Crippen molar-refractivity contribution in [1.29, 1.82) is 0 Å². The topological polar surface area (TPSA) is 142 Å². The monoisotopic (exact) mass is 548 g/mol. The standard InChI is InChI=1S/C26H25FN6O3.C2H4O2/c1-33-12-10-16(11-13-33)15-2-4-17(5-3-15)26(34)30-25-18-6-9-21(29-24(18)31-32-25)28-22-19(27)7-8-20-23(22)36-14-35-20;1-2(3)4/h2-9,16H,10-14H2,1H3,(H3,28,29,30,31,32,34);1H3,(H,3,4). The van der Waals surface area contributed by atoms with Crippen molar-refractivity contribution in [3.63, 3.8) is 0 Å². The molecule has 2 aliphatic rings. The Morgan fingerprint density at radius 1 is 1.07 bits per heavy atom. The van der Waals surface area contributed by atoms with Crippen molar-refractivity contribution in [2.24, 2.45) is 0 Å². The van der Waals surface area contributed by atoms with E-state index in [0.29, 0.717) is 45.6 Å². The Kier molecular flexibility index (Phi) is 7.78. The molecule has 2 aliphatic heterocycles. The van der Waals surface area contributed by atoms with Gasteiger partial charge < -0.3 is 30.1 Å². The van der Waals surface area contributed by atoms with Crippen molar-refractivity contribution in [1.82, 2.24) is 20.1 Å². The molecule has 4 heterocycles. The number of ether oxygens (including phenoxy) is 2. The van der Waals surface area contributed by atoms with Crippen LogP contribution < -0.4 is 20.1 Å². The van der Waals surface area contributed by atoms with Crippen LogP contribution in [0, 0.1) is 5.82 Å². The molecule has 0 saturated carbocycles. The first-order valence-corrected chi connectivity index (χ1v) is 12.8. The van der Waals surface area contributed by atoms with E-state index >= 15 is 0 Å². The first-order valence-electron chi connectivity index (χ1n) is 12.8. The maximum absolute atomic E-state index is 14.4. The fraction of sp³-hybridized carbons (Fsp3) is 0.286. The third kappa shape index (κ3) is 5.96. The second-order valence-electron chi connectivity index (χ2n) is 9.62. The quantitative estimate of drug-likeness (QED) is 0.279. The van der Waals surface area contributed by atoms with Crippen molar-refractivity contribution in [3.05, 3.63) is 65.5 Å². The van der Waals surface area contributed by atoms with Crippen LogP contribution in [0.25, 0.3) is 11.0 Å². The molecule has 1 saturated heterocycles. The molecule has 0 radical (unpaired) electrons. The Balaban J connectivity index is 0.000000758. The normalized spacial score (nSPS) is 14.9. The van der Waals surface area contributed by atoms with Gasteiger partial charge in [-0.2, -0.15) is 5.10 Å². The lowest BCUT2D eigenvalue weighted by molar-refractivity contribution is -0.134. The van der Waals surface area contributed by atoms with E-state index in [9.17, 15) is 9.18 Å². The van der Waals surface area contributed by atoms with Crippen LogP contribution in [0.5, 0.6) is 11.5 Å². The number of benzene rings is 2. The fourth-order valence-corrected chi connectivity index (χ4v) is 4.69. The number of fused-ring (bicyclic) bond motifs is 2. The number of amides is 1. The largest absolute Gasteiger partial charge is 0.481 e. The number of likely N-dealkylation sites (tertiary alicyclic amines) is 1. The Bertz CT molecular complexity index is 1530. The third-order valence-corrected chi connectivity index (χ3v) is 6.76. The highest BCUT2D eigenvalue weighted by atomic mass is 19.1. The van der Waals surface area contributed by atoms with Gasteiger partial charge in [0.05, 0.1) is 5.39 Å². The van der Waals surface area contributed by atoms with Gasteiger partial charge in [-0.25, -0.2) is 9.37 Å². The maximum atomic E-state index is 14.4. The molecule has 0 unspecified atom stereocenters. The van der Waals surface area contributed by atoms with Gasteiger partial charge in [0.25, 0.3) is 11.9 Å². The number of piperidine rings is 1. The van der Waals surface area contributed by atoms with Crippen LogP contribution >= 0.6 is 0 Å². The van der Waals surface area contributed by atoms with Gasteiger partial charge in [0.2, 0.25) is 6.79 Å². The second-order valence-corrected chi connectivity index (χ2v) is 9.62. The van der Waals surface area contributed by atoms with Gasteiger partial charge in [-0.1, -0.05) is 12.1 Å². The zero-order valence-corrected chi connectivity index (χ0v) is 22.0. The van der Waals surface area contributed by atoms with E-state index in [2.05, 4.69) is 37.8 Å². The van der Waals surface area contributed by atoms with Gasteiger partial charge in [0.15, 0.2) is 28.8 Å². The number of anilines is 3. The number of carboxylic acid groups (broad SMARTS) is 1. The number of rotatable bonds is 5. The molecule has 0 atom stereocenters. The minimum atomic E-state index is -0.833. The Morgan fingerprint density at radius 2 is 1.80 bits per heavy atom. The van der Waals surface area contributed by atoms with Gasteiger partial charge >= 0.3 is 0 Å². The van der Waals surface area contributed by atoms with Crippen molar-refractivity contribution < 1.29 is 28.6 Å². The molecular weight excluding hydrogens is 519 g/mol. The molecule has 1 amide bonds. The summed E-state index contributed by atoms with van der Waals surface area (Å²) < 4.78 is 25.1. The molecule has 6 rings (SSSR count). The SMILES string of the molecule is CC(=O)O.CN1CCC(c2ccc(C(=O)Nc3n[nH]c4nc(Nc5c(F)ccc6c5OCO6)ccc34)cc2)CC1. The summed E-state index contributed by atoms with van der Waals surface area (Å²) in [5, 5.41) is 20.9. The number of H-pyrrole nitrogens is 1. The molecule has 2 aromatic heterocycles. The van der Waals surface area contributed by atoms with E-state index in [-0.39, 0.29) is 18.4 Å². The summed E-state index contributed by atoms with van der Waals surface area (Å²) in [7, 11) is 2.15. The highest BCUT2D eigenvalue weighted by Crippen LogP contribution is 2.42. The molecule has 0 aliphatic carbocycles. The van der Waals surface area contributed by atoms with E-state index < -0.39 is 11.8 Å². The zero-order chi connectivity index (χ0) is 28.2. The molecule has 0 spiro atoms. The van der Waals surface area contributed by atoms with E-state index in [1.165, 1.54) is 17.7 Å². The summed E-state index contributed by atoms with van der Waals surface area (Å²) in [6.07, 6.45) is 2.26. The maximum Gasteiger partial charge on any atom is 0.300 e. The van der Waals surface area contributed by atoms with Crippen LogP contribution in [-0.4, -0.2) is 64.0 Å². The minimum absolute atomic E-state index is 0.0322. The smallest absolute Gasteiger partial charge is 0.300 e. The Morgan fingerprint density at radius 3 is 2.52 bits per heavy atom. The van der Waals surface area contributed by atoms with Crippen molar-refractivity contribution in [2.45, 2.75) is 25.7 Å². The lowest BCUT2D eigenvalue weighted by Crippen LogP contribution is -2.29. The molecular formula is C28H29FN6O5. The number of hydrogen-bond donors (Lipinski definition) is 4. The number of nitrogens with one attached hydrogen (secondary N) is 3. The molecule has 208 valence electrons. The lowest BCUT2D eigenvalue weighted by Gasteiger charge is -2.29. The number of hydrogen-bond acceptors (Lipinski definition) is 8. The van der Waals surface area contributed by atoms with Gasteiger partial charge in [0.1, 0.15) is 11.5 Å². The predicted molar refractivity (Wildman–Crippen MR) is 147 cm³/mol. The number of pyridine rings is 1. The number of aliphatic carboxylic acids is 1. The van der Waals surface area contributed by atoms with Gasteiger partial charge in [-0.05, 0) is 80.9 Å². The molecule has 11 nitrogen and oxygen atoms in total. The van der Waals surface area contributed by atoms with Gasteiger partial charge in [0, 0.05) is 12.5 Å². The van der Waals surface area contributed by atoms with Crippen LogP contribution in [0.4, 0.5) is 21.7 Å². The van der Waals surface area contributed by atoms with Crippen LogP contribution in [0.2, 0.25) is 0 Å². The van der Waals surface area contributed by atoms with E-state index in [1.54, 1.807) is 12.1 Å². The first-order chi connectivity index (χ1) is 19.3. The highest BCUT2D eigenvalue weighted by molar-refractivity contribution is 6.07. The van der Waals surface area contributed by atoms with E-state index in [1.807, 2.05) is 24.3 Å². The number of halogens is 1. The first kappa shape index (κ1) is 26.9. The molecule has 2 aromatic carbocycles. The van der Waals surface area contributed by atoms with Crippen LogP contribution in [0.1, 0.15) is 41.6 Å². The Labute approximate surface area is 229 Å². The second kappa shape index (κ2) is 11.6. The van der Waals surface area contributed by atoms with E-state index in [4.69, 9.17) is 19.4 Å². The fourth-order valence-electron chi connectivity index (χ4n) is 4.69. The molecule has 0 bridgehead atoms. The van der Waals surface area contributed by atoms with Crippen LogP contribution in [-0.2, 0) is 4.79 Å². The van der Waals surface area contributed by atoms with Crippen molar-refractivity contribution in [3.8, 4) is 11.5 Å². The van der Waals surface area contributed by atoms with Crippen LogP contribution in [0.3, 0.4) is 0 Å². The van der Waals surface area contributed by atoms with Crippen molar-refractivity contribution in [2.75, 3.05) is 37.6 Å². The number of nitrogens with zero attached hydrogens (tertiary/aromatic N) is 3. The number of aromatic amines is 1. The molecule has 12 heteroatoms. The number of carbonyl (C=O) groups is 2. The molecule has 4 N–H and O–H groups in total. The summed E-state index contributed by atoms with van der Waals surface area (Å²) in [4.78, 5) is 28.7. The summed E-state index contributed by atoms with van der Waals surface area (Å²) in [5.41, 5.74) is 2.42. The Hall–Kier alpha value is -4.71. The average Bonchev–Trinajstić information content (AvgIpc) is 3.58. The summed E-state index contributed by atoms with van der Waals surface area (Å²) in [5.74, 6) is 0.489. The van der Waals surface area contributed by atoms with Crippen molar-refractivity contribution >= 4 is 40.2 Å². The molecule has 40 heavy (non-hydrogen) atoms. The van der Waals surface area contributed by atoms with E-state index in [0.717, 1.165) is 32.9 Å². The third-order valence-electron chi connectivity index (χ3n) is 6.76. The summed E-state index contributed by atoms with van der Waals surface area (Å²) in [6.45, 7) is 3.30.